The number of epoxide rings is 1. The minimum atomic E-state index is -1.73. The number of hydrogen-bond donors (Lipinski definition) is 3. The topological polar surface area (TPSA) is 130 Å². The van der Waals surface area contributed by atoms with Crippen LogP contribution in [0.3, 0.4) is 0 Å². The van der Waals surface area contributed by atoms with E-state index in [0.29, 0.717) is 17.9 Å². The van der Waals surface area contributed by atoms with E-state index in [-0.39, 0.29) is 23.8 Å². The molecule has 3 unspecified atom stereocenters. The number of aliphatic hydroxyl groups is 2. The summed E-state index contributed by atoms with van der Waals surface area (Å²) < 4.78 is 22.4. The van der Waals surface area contributed by atoms with Crippen LogP contribution in [0.1, 0.15) is 39.2 Å². The van der Waals surface area contributed by atoms with Gasteiger partial charge in [0.1, 0.15) is 28.6 Å². The molecule has 0 spiro atoms. The van der Waals surface area contributed by atoms with E-state index < -0.39 is 47.8 Å². The van der Waals surface area contributed by atoms with E-state index in [2.05, 4.69) is 5.32 Å². The van der Waals surface area contributed by atoms with Crippen LogP contribution in [0.25, 0.3) is 0 Å². The predicted molar refractivity (Wildman–Crippen MR) is 145 cm³/mol. The second-order valence-corrected chi connectivity index (χ2v) is 11.2. The molecule has 4 rings (SSSR count). The van der Waals surface area contributed by atoms with Crippen molar-refractivity contribution in [2.24, 2.45) is 5.92 Å². The zero-order valence-corrected chi connectivity index (χ0v) is 23.8. The lowest BCUT2D eigenvalue weighted by molar-refractivity contribution is -0.142. The predicted octanol–water partition coefficient (Wildman–Crippen LogP) is 3.12. The summed E-state index contributed by atoms with van der Waals surface area (Å²) in [5, 5.41) is 25.3. The molecule has 4 bridgehead atoms. The Morgan fingerprint density at radius 2 is 1.97 bits per heavy atom. The van der Waals surface area contributed by atoms with Gasteiger partial charge >= 0.3 is 6.09 Å². The van der Waals surface area contributed by atoms with E-state index in [1.54, 1.807) is 26.1 Å². The molecule has 2 fully saturated rings. The molecule has 3 aliphatic rings. The summed E-state index contributed by atoms with van der Waals surface area (Å²) in [4.78, 5) is 27.1. The summed E-state index contributed by atoms with van der Waals surface area (Å²) >= 11 is 6.58. The summed E-state index contributed by atoms with van der Waals surface area (Å²) in [7, 11) is 4.56. The van der Waals surface area contributed by atoms with Crippen molar-refractivity contribution < 1.29 is 38.7 Å². The van der Waals surface area contributed by atoms with Crippen LogP contribution in [-0.4, -0.2) is 79.2 Å². The van der Waals surface area contributed by atoms with Crippen LogP contribution in [0.5, 0.6) is 5.75 Å². The quantitative estimate of drug-likeness (QED) is 0.467. The third kappa shape index (κ3) is 5.81. The average molecular weight is 565 g/mol. The number of anilines is 1. The monoisotopic (exact) mass is 564 g/mol. The van der Waals surface area contributed by atoms with Crippen LogP contribution < -0.4 is 15.0 Å². The fourth-order valence-electron chi connectivity index (χ4n) is 5.46. The van der Waals surface area contributed by atoms with Crippen LogP contribution in [0, 0.1) is 5.92 Å². The van der Waals surface area contributed by atoms with E-state index in [0.717, 1.165) is 11.1 Å². The van der Waals surface area contributed by atoms with Crippen molar-refractivity contribution in [2.45, 2.75) is 75.8 Å². The second-order valence-electron chi connectivity index (χ2n) is 10.8. The first-order chi connectivity index (χ1) is 18.3. The highest BCUT2D eigenvalue weighted by Gasteiger charge is 2.62. The van der Waals surface area contributed by atoms with Gasteiger partial charge in [0.05, 0.1) is 31.4 Å². The van der Waals surface area contributed by atoms with Gasteiger partial charge in [-0.1, -0.05) is 42.3 Å². The average Bonchev–Trinajstić information content (AvgIpc) is 3.58. The number of benzene rings is 1. The molecule has 1 aromatic rings. The van der Waals surface area contributed by atoms with E-state index >= 15 is 0 Å². The van der Waals surface area contributed by atoms with E-state index in [1.807, 2.05) is 32.1 Å². The Morgan fingerprint density at radius 3 is 2.64 bits per heavy atom. The van der Waals surface area contributed by atoms with Crippen LogP contribution >= 0.6 is 11.6 Å². The zero-order chi connectivity index (χ0) is 28.7. The Hall–Kier alpha value is -2.63. The number of ether oxygens (including phenoxy) is 4. The number of methoxy groups -OCH3 is 2. The molecule has 3 N–H and O–H groups in total. The minimum absolute atomic E-state index is 0.0310. The molecule has 11 heteroatoms. The van der Waals surface area contributed by atoms with Crippen molar-refractivity contribution in [3.05, 3.63) is 46.5 Å². The minimum Gasteiger partial charge on any atom is -0.495 e. The third-order valence-corrected chi connectivity index (χ3v) is 8.36. The first kappa shape index (κ1) is 29.4. The number of carbonyl (C=O) groups is 2. The summed E-state index contributed by atoms with van der Waals surface area (Å²) in [6.45, 7) is 5.48. The van der Waals surface area contributed by atoms with E-state index in [1.165, 1.54) is 19.1 Å². The molecule has 39 heavy (non-hydrogen) atoms. The molecule has 0 aromatic heterocycles. The van der Waals surface area contributed by atoms with E-state index in [9.17, 15) is 19.8 Å². The summed E-state index contributed by atoms with van der Waals surface area (Å²) in [6, 6.07) is 3.63. The lowest BCUT2D eigenvalue weighted by Gasteiger charge is -2.42. The number of halogens is 1. The number of amides is 2. The second kappa shape index (κ2) is 11.1. The van der Waals surface area contributed by atoms with E-state index in [4.69, 9.17) is 30.5 Å². The molecular formula is C28H37ClN2O8. The molecule has 3 aliphatic heterocycles. The molecular weight excluding hydrogens is 528 g/mol. The Kier molecular flexibility index (Phi) is 8.35. The number of rotatable bonds is 2. The summed E-state index contributed by atoms with van der Waals surface area (Å²) in [6.07, 6.45) is 1.63. The molecule has 0 aliphatic carbocycles. The van der Waals surface area contributed by atoms with Gasteiger partial charge < -0.3 is 34.1 Å². The van der Waals surface area contributed by atoms with Gasteiger partial charge in [-0.25, -0.2) is 4.79 Å². The number of allylic oxidation sites excluding steroid dienone is 3. The van der Waals surface area contributed by atoms with Gasteiger partial charge in [0, 0.05) is 26.5 Å². The number of carbonyl (C=O) groups excluding carboxylic acids is 2. The summed E-state index contributed by atoms with van der Waals surface area (Å²) in [5.74, 6) is -0.323. The van der Waals surface area contributed by atoms with Crippen molar-refractivity contribution in [3.63, 3.8) is 0 Å². The van der Waals surface area contributed by atoms with Gasteiger partial charge in [0.15, 0.2) is 5.72 Å². The SMILES string of the molecule is COc1cc2cc(c1Cl)N(C)C(=O)CC(O)C1(C)O[C@H]1[C@@H](C)C1C[C@](O)(NC(=O)O1)[C@@H](OC)/C=C/C=C(\C)C2. The number of hydrogen-bond acceptors (Lipinski definition) is 8. The van der Waals surface area contributed by atoms with Gasteiger partial charge in [-0.15, -0.1) is 0 Å². The highest BCUT2D eigenvalue weighted by atomic mass is 35.5. The van der Waals surface area contributed by atoms with Crippen molar-refractivity contribution in [2.75, 3.05) is 26.2 Å². The van der Waals surface area contributed by atoms with Crippen molar-refractivity contribution >= 4 is 29.3 Å². The zero-order valence-electron chi connectivity index (χ0n) is 23.1. The smallest absolute Gasteiger partial charge is 0.409 e. The van der Waals surface area contributed by atoms with Crippen LogP contribution in [-0.2, 0) is 25.4 Å². The van der Waals surface area contributed by atoms with Gasteiger partial charge in [-0.05, 0) is 38.0 Å². The first-order valence-corrected chi connectivity index (χ1v) is 13.3. The van der Waals surface area contributed by atoms with Crippen LogP contribution in [0.15, 0.2) is 35.9 Å². The highest BCUT2D eigenvalue weighted by Crippen LogP contribution is 2.48. The maximum Gasteiger partial charge on any atom is 0.409 e. The van der Waals surface area contributed by atoms with Gasteiger partial charge in [0.2, 0.25) is 5.91 Å². The summed E-state index contributed by atoms with van der Waals surface area (Å²) in [5.41, 5.74) is -0.479. The molecule has 0 saturated carbocycles. The molecule has 7 atom stereocenters. The fourth-order valence-corrected chi connectivity index (χ4v) is 5.78. The molecule has 2 amide bonds. The number of fused-ring (bicyclic) bond motifs is 5. The highest BCUT2D eigenvalue weighted by molar-refractivity contribution is 6.35. The molecule has 10 nitrogen and oxygen atoms in total. The molecule has 214 valence electrons. The Labute approximate surface area is 233 Å². The number of alkyl carbamates (subject to hydrolysis) is 1. The van der Waals surface area contributed by atoms with Crippen molar-refractivity contribution in [1.29, 1.82) is 0 Å². The Balaban J connectivity index is 1.74. The maximum atomic E-state index is 13.3. The molecule has 3 heterocycles. The normalized spacial score (nSPS) is 37.6. The Morgan fingerprint density at radius 1 is 1.26 bits per heavy atom. The largest absolute Gasteiger partial charge is 0.495 e. The van der Waals surface area contributed by atoms with Gasteiger partial charge in [-0.2, -0.15) is 0 Å². The fraction of sp³-hybridized carbons (Fsp3) is 0.571. The number of nitrogens with one attached hydrogen (secondary N) is 1. The third-order valence-electron chi connectivity index (χ3n) is 7.98. The van der Waals surface area contributed by atoms with Gasteiger partial charge in [0.25, 0.3) is 0 Å². The van der Waals surface area contributed by atoms with Gasteiger partial charge in [-0.3, -0.25) is 10.1 Å². The molecule has 1 aromatic carbocycles. The van der Waals surface area contributed by atoms with Crippen molar-refractivity contribution in [1.82, 2.24) is 5.32 Å². The lowest BCUT2D eigenvalue weighted by atomic mass is 9.84. The molecule has 2 saturated heterocycles. The number of aliphatic hydroxyl groups excluding tert-OH is 1. The maximum absolute atomic E-state index is 13.3. The van der Waals surface area contributed by atoms with Crippen LogP contribution in [0.2, 0.25) is 5.02 Å². The first-order valence-electron chi connectivity index (χ1n) is 12.9. The van der Waals surface area contributed by atoms with Crippen molar-refractivity contribution in [3.8, 4) is 5.75 Å². The Bertz CT molecular complexity index is 1190. The molecule has 0 radical (unpaired) electrons. The number of nitrogens with zero attached hydrogens (tertiary/aromatic N) is 1. The van der Waals surface area contributed by atoms with Crippen LogP contribution in [0.4, 0.5) is 10.5 Å². The standard InChI is InChI=1S/C28H37ClN2O8/c1-15-8-7-9-22(37-6)28(35)14-20(38-26(34)30-28)16(2)25-27(3,39-25)21(32)13-23(33)31(4)18-11-17(10-15)12-19(36-5)24(18)29/h7-9,11-12,16,20-22,25,32,35H,10,13-14H2,1-6H3,(H,30,34)/b9-7+,15-8+/t16-,20?,21?,22-,25-,27?,28+/m0/s1. The lowest BCUT2D eigenvalue weighted by Crippen LogP contribution is -2.63.